The number of thioether (sulfide) groups is 1. The highest BCUT2D eigenvalue weighted by Gasteiger charge is 2.35. The first-order chi connectivity index (χ1) is 16.4. The quantitative estimate of drug-likeness (QED) is 0.369. The Hall–Kier alpha value is -3.43. The van der Waals surface area contributed by atoms with Crippen molar-refractivity contribution in [1.29, 1.82) is 0 Å². The topological polar surface area (TPSA) is 109 Å². The highest BCUT2D eigenvalue weighted by molar-refractivity contribution is 7.98. The van der Waals surface area contributed by atoms with Crippen LogP contribution in [0.2, 0.25) is 0 Å². The van der Waals surface area contributed by atoms with Crippen molar-refractivity contribution in [2.75, 3.05) is 12.0 Å². The first-order valence-corrected chi connectivity index (χ1v) is 13.5. The second-order valence-electron chi connectivity index (χ2n) is 7.99. The smallest absolute Gasteiger partial charge is 0.251 e. The Morgan fingerprint density at radius 2 is 1.76 bits per heavy atom. The molecular weight excluding hydrogens is 470 g/mol. The summed E-state index contributed by atoms with van der Waals surface area (Å²) in [7, 11) is -3.93. The number of sulfone groups is 1. The maximum atomic E-state index is 13.2. The summed E-state index contributed by atoms with van der Waals surface area (Å²) in [6, 6.07) is 17.6. The molecule has 0 spiro atoms. The molecule has 0 unspecified atom stereocenters. The predicted octanol–water partition coefficient (Wildman–Crippen LogP) is 4.16. The number of para-hydroxylation sites is 2. The zero-order valence-electron chi connectivity index (χ0n) is 18.2. The van der Waals surface area contributed by atoms with E-state index in [1.165, 1.54) is 30.3 Å². The third kappa shape index (κ3) is 3.80. The number of H-pyrrole nitrogens is 1. The van der Waals surface area contributed by atoms with Gasteiger partial charge in [-0.15, -0.1) is 0 Å². The minimum absolute atomic E-state index is 0.0369. The highest BCUT2D eigenvalue weighted by atomic mass is 32.2. The van der Waals surface area contributed by atoms with Gasteiger partial charge in [0.2, 0.25) is 9.84 Å². The molecule has 2 N–H and O–H groups in total. The van der Waals surface area contributed by atoms with Gasteiger partial charge in [-0.25, -0.2) is 13.4 Å². The molecule has 0 aliphatic carbocycles. The number of hydrogen-bond acceptors (Lipinski definition) is 6. The number of aromatic amines is 1. The summed E-state index contributed by atoms with van der Waals surface area (Å²) >= 11 is 1.66. The number of amides is 1. The minimum atomic E-state index is -3.93. The lowest BCUT2D eigenvalue weighted by molar-refractivity contribution is 0.0932. The fourth-order valence-electron chi connectivity index (χ4n) is 4.12. The van der Waals surface area contributed by atoms with E-state index in [1.54, 1.807) is 23.9 Å². The maximum absolute atomic E-state index is 13.2. The van der Waals surface area contributed by atoms with Crippen LogP contribution in [-0.2, 0) is 9.84 Å². The summed E-state index contributed by atoms with van der Waals surface area (Å²) in [5, 5.41) is 2.98. The Kier molecular flexibility index (Phi) is 5.75. The van der Waals surface area contributed by atoms with Crippen molar-refractivity contribution in [1.82, 2.24) is 15.3 Å². The summed E-state index contributed by atoms with van der Waals surface area (Å²) in [4.78, 5) is 33.8. The van der Waals surface area contributed by atoms with E-state index in [0.717, 1.165) is 16.8 Å². The van der Waals surface area contributed by atoms with Crippen LogP contribution in [0.5, 0.6) is 0 Å². The number of rotatable bonds is 6. The number of aromatic nitrogens is 2. The second kappa shape index (κ2) is 8.73. The number of nitrogens with one attached hydrogen (secondary N) is 2. The lowest BCUT2D eigenvalue weighted by Crippen LogP contribution is -2.30. The van der Waals surface area contributed by atoms with Crippen molar-refractivity contribution in [3.8, 4) is 0 Å². The fourth-order valence-corrected chi connectivity index (χ4v) is 6.27. The zero-order valence-corrected chi connectivity index (χ0v) is 19.9. The number of benzene rings is 3. The fraction of sp³-hybridized carbons (Fsp3) is 0.160. The Bertz CT molecular complexity index is 1510. The van der Waals surface area contributed by atoms with E-state index in [9.17, 15) is 18.0 Å². The molecule has 0 bridgehead atoms. The van der Waals surface area contributed by atoms with Crippen molar-refractivity contribution in [3.05, 3.63) is 89.2 Å². The molecule has 4 aromatic rings. The van der Waals surface area contributed by atoms with Crippen LogP contribution in [0.25, 0.3) is 11.0 Å². The molecule has 1 atom stereocenters. The third-order valence-electron chi connectivity index (χ3n) is 5.85. The van der Waals surface area contributed by atoms with Gasteiger partial charge in [-0.1, -0.05) is 24.3 Å². The molecule has 1 aliphatic rings. The SMILES string of the molecule is CSCC[C@H](NC(=O)c1ccc2c(c1)S(=O)(=O)c1ccccc1C2=O)c1nc2ccccc2[nH]1. The monoisotopic (exact) mass is 491 g/mol. The summed E-state index contributed by atoms with van der Waals surface area (Å²) in [5.41, 5.74) is 2.07. The molecule has 5 rings (SSSR count). The van der Waals surface area contributed by atoms with Gasteiger partial charge in [0.1, 0.15) is 5.82 Å². The van der Waals surface area contributed by atoms with Gasteiger partial charge in [-0.3, -0.25) is 9.59 Å². The molecule has 34 heavy (non-hydrogen) atoms. The second-order valence-corrected chi connectivity index (χ2v) is 10.9. The highest BCUT2D eigenvalue weighted by Crippen LogP contribution is 2.35. The molecule has 172 valence electrons. The van der Waals surface area contributed by atoms with Gasteiger partial charge in [0.05, 0.1) is 26.9 Å². The van der Waals surface area contributed by atoms with Crippen LogP contribution in [-0.4, -0.2) is 42.1 Å². The van der Waals surface area contributed by atoms with Crippen LogP contribution >= 0.6 is 11.8 Å². The largest absolute Gasteiger partial charge is 0.342 e. The first kappa shape index (κ1) is 22.4. The van der Waals surface area contributed by atoms with E-state index in [1.807, 2.05) is 30.5 Å². The molecule has 7 nitrogen and oxygen atoms in total. The van der Waals surface area contributed by atoms with Crippen LogP contribution in [0.1, 0.15) is 44.6 Å². The van der Waals surface area contributed by atoms with Crippen LogP contribution in [0, 0.1) is 0 Å². The molecular formula is C25H21N3O4S2. The van der Waals surface area contributed by atoms with Crippen molar-refractivity contribution < 1.29 is 18.0 Å². The molecule has 2 heterocycles. The number of fused-ring (bicyclic) bond motifs is 3. The van der Waals surface area contributed by atoms with Crippen molar-refractivity contribution in [3.63, 3.8) is 0 Å². The molecule has 1 aromatic heterocycles. The molecule has 9 heteroatoms. The average Bonchev–Trinajstić information content (AvgIpc) is 3.29. The average molecular weight is 492 g/mol. The molecule has 3 aromatic carbocycles. The summed E-state index contributed by atoms with van der Waals surface area (Å²) in [6.07, 6.45) is 2.63. The zero-order chi connectivity index (χ0) is 23.9. The van der Waals surface area contributed by atoms with Crippen LogP contribution in [0.15, 0.2) is 76.5 Å². The third-order valence-corrected chi connectivity index (χ3v) is 8.35. The van der Waals surface area contributed by atoms with Crippen molar-refractivity contribution in [2.24, 2.45) is 0 Å². The van der Waals surface area contributed by atoms with Gasteiger partial charge >= 0.3 is 0 Å². The molecule has 0 fully saturated rings. The normalized spacial score (nSPS) is 14.9. The van der Waals surface area contributed by atoms with Gasteiger partial charge < -0.3 is 10.3 Å². The summed E-state index contributed by atoms with van der Waals surface area (Å²) in [6.45, 7) is 0. The van der Waals surface area contributed by atoms with Gasteiger partial charge in [0, 0.05) is 16.7 Å². The predicted molar refractivity (Wildman–Crippen MR) is 131 cm³/mol. The lowest BCUT2D eigenvalue weighted by atomic mass is 10.0. The van der Waals surface area contributed by atoms with Gasteiger partial charge in [0.25, 0.3) is 5.91 Å². The van der Waals surface area contributed by atoms with E-state index in [-0.39, 0.29) is 38.3 Å². The van der Waals surface area contributed by atoms with E-state index < -0.39 is 15.7 Å². The molecule has 1 aliphatic heterocycles. The van der Waals surface area contributed by atoms with Crippen LogP contribution in [0.4, 0.5) is 0 Å². The van der Waals surface area contributed by atoms with Crippen LogP contribution < -0.4 is 5.32 Å². The van der Waals surface area contributed by atoms with Crippen LogP contribution in [0.3, 0.4) is 0 Å². The molecule has 0 saturated heterocycles. The van der Waals surface area contributed by atoms with Crippen molar-refractivity contribution >= 4 is 44.3 Å². The molecule has 1 amide bonds. The summed E-state index contributed by atoms with van der Waals surface area (Å²) in [5.74, 6) is 0.632. The number of carbonyl (C=O) groups is 2. The minimum Gasteiger partial charge on any atom is -0.342 e. The Labute approximate surface area is 200 Å². The van der Waals surface area contributed by atoms with E-state index in [2.05, 4.69) is 15.3 Å². The van der Waals surface area contributed by atoms with E-state index in [4.69, 9.17) is 0 Å². The molecule has 0 radical (unpaired) electrons. The van der Waals surface area contributed by atoms with Gasteiger partial charge in [-0.05, 0) is 60.9 Å². The maximum Gasteiger partial charge on any atom is 0.251 e. The van der Waals surface area contributed by atoms with E-state index in [0.29, 0.717) is 12.2 Å². The summed E-state index contributed by atoms with van der Waals surface area (Å²) < 4.78 is 26.4. The Morgan fingerprint density at radius 3 is 2.56 bits per heavy atom. The molecule has 0 saturated carbocycles. The van der Waals surface area contributed by atoms with Crippen molar-refractivity contribution in [2.45, 2.75) is 22.3 Å². The number of nitrogens with zero attached hydrogens (tertiary/aromatic N) is 1. The number of carbonyl (C=O) groups excluding carboxylic acids is 2. The lowest BCUT2D eigenvalue weighted by Gasteiger charge is -2.20. The number of imidazole rings is 1. The van der Waals surface area contributed by atoms with E-state index >= 15 is 0 Å². The number of hydrogen-bond donors (Lipinski definition) is 2. The Morgan fingerprint density at radius 1 is 1.03 bits per heavy atom. The number of ketones is 1. The standard InChI is InChI=1S/C25H21N3O4S2/c1-33-13-12-20(24-26-18-7-3-4-8-19(18)27-24)28-25(30)15-10-11-17-22(14-15)34(31,32)21-9-5-2-6-16(21)23(17)29/h2-11,14,20H,12-13H2,1H3,(H,26,27)(H,28,30)/t20-/m0/s1. The first-order valence-electron chi connectivity index (χ1n) is 10.7. The Balaban J connectivity index is 1.48. The van der Waals surface area contributed by atoms with Gasteiger partial charge in [-0.2, -0.15) is 11.8 Å². The van der Waals surface area contributed by atoms with Gasteiger partial charge in [0.15, 0.2) is 5.78 Å².